The number of sulfonamides is 1. The highest BCUT2D eigenvalue weighted by molar-refractivity contribution is 7.89. The van der Waals surface area contributed by atoms with Gasteiger partial charge in [0, 0.05) is 11.3 Å². The van der Waals surface area contributed by atoms with Gasteiger partial charge < -0.3 is 18.9 Å². The molecule has 33 heavy (non-hydrogen) atoms. The average Bonchev–Trinajstić information content (AvgIpc) is 3.43. The predicted octanol–water partition coefficient (Wildman–Crippen LogP) is 3.48. The maximum absolute atomic E-state index is 13.6. The largest absolute Gasteiger partial charge is 0.497 e. The van der Waals surface area contributed by atoms with Crippen LogP contribution in [0.15, 0.2) is 52.0 Å². The lowest BCUT2D eigenvalue weighted by molar-refractivity contribution is 0.0593. The summed E-state index contributed by atoms with van der Waals surface area (Å²) in [7, 11) is -1.37. The highest BCUT2D eigenvalue weighted by Crippen LogP contribution is 2.27. The maximum atomic E-state index is 13.6. The van der Waals surface area contributed by atoms with Crippen molar-refractivity contribution in [3.63, 3.8) is 0 Å². The molecule has 1 aromatic carbocycles. The normalized spacial score (nSPS) is 12.5. The van der Waals surface area contributed by atoms with E-state index in [1.807, 2.05) is 0 Å². The van der Waals surface area contributed by atoms with Crippen molar-refractivity contribution in [2.45, 2.75) is 38.3 Å². The van der Waals surface area contributed by atoms with E-state index in [9.17, 15) is 18.0 Å². The fraction of sp³-hybridized carbons (Fsp3) is 0.304. The first-order chi connectivity index (χ1) is 15.6. The molecule has 3 rings (SSSR count). The SMILES string of the molecule is COC(=O)c1[nH]c(C)c(C(=O)[C@@H](C)N(Cc2ccco2)S(=O)(=O)c2ccc(OC)cc2)c1C. The van der Waals surface area contributed by atoms with Gasteiger partial charge in [-0.2, -0.15) is 4.31 Å². The number of aromatic nitrogens is 1. The number of aromatic amines is 1. The molecule has 1 N–H and O–H groups in total. The monoisotopic (exact) mass is 474 g/mol. The molecule has 3 aromatic rings. The second-order valence-electron chi connectivity index (χ2n) is 7.46. The van der Waals surface area contributed by atoms with Crippen LogP contribution >= 0.6 is 0 Å². The Morgan fingerprint density at radius 1 is 1.12 bits per heavy atom. The molecule has 0 spiro atoms. The van der Waals surface area contributed by atoms with Crippen LogP contribution in [0.5, 0.6) is 5.75 Å². The standard InChI is InChI=1S/C23H26N2O7S/c1-14-20(15(2)24-21(14)23(27)31-5)22(26)16(3)25(13-18-7-6-12-32-18)33(28,29)19-10-8-17(30-4)9-11-19/h6-12,16,24H,13H2,1-5H3/t16-/m1/s1. The summed E-state index contributed by atoms with van der Waals surface area (Å²) >= 11 is 0. The van der Waals surface area contributed by atoms with E-state index in [2.05, 4.69) is 4.98 Å². The van der Waals surface area contributed by atoms with Crippen molar-refractivity contribution in [2.75, 3.05) is 14.2 Å². The number of Topliss-reactive ketones (excluding diaryl/α,β-unsaturated/α-hetero) is 1. The van der Waals surface area contributed by atoms with Gasteiger partial charge in [0.05, 0.1) is 38.0 Å². The van der Waals surface area contributed by atoms with Gasteiger partial charge in [-0.1, -0.05) is 0 Å². The second kappa shape index (κ2) is 9.63. The zero-order valence-corrected chi connectivity index (χ0v) is 19.9. The molecule has 0 bridgehead atoms. The van der Waals surface area contributed by atoms with Gasteiger partial charge >= 0.3 is 5.97 Å². The number of carbonyl (C=O) groups is 2. The van der Waals surface area contributed by atoms with Gasteiger partial charge in [-0.3, -0.25) is 4.79 Å². The Hall–Kier alpha value is -3.37. The fourth-order valence-corrected chi connectivity index (χ4v) is 5.19. The topological polar surface area (TPSA) is 119 Å². The molecule has 176 valence electrons. The molecule has 0 aliphatic heterocycles. The molecule has 0 unspecified atom stereocenters. The Balaban J connectivity index is 2.05. The van der Waals surface area contributed by atoms with Gasteiger partial charge in [0.1, 0.15) is 17.2 Å². The first-order valence-corrected chi connectivity index (χ1v) is 11.6. The number of benzene rings is 1. The minimum Gasteiger partial charge on any atom is -0.497 e. The van der Waals surface area contributed by atoms with Gasteiger partial charge in [0.25, 0.3) is 0 Å². The summed E-state index contributed by atoms with van der Waals surface area (Å²) in [4.78, 5) is 28.4. The minimum absolute atomic E-state index is 0.00673. The van der Waals surface area contributed by atoms with Crippen molar-refractivity contribution < 1.29 is 31.9 Å². The number of aryl methyl sites for hydroxylation is 1. The van der Waals surface area contributed by atoms with Gasteiger partial charge in [-0.05, 0) is 62.7 Å². The Kier molecular flexibility index (Phi) is 7.09. The molecule has 0 aliphatic rings. The number of rotatable bonds is 9. The summed E-state index contributed by atoms with van der Waals surface area (Å²) in [5, 5.41) is 0. The van der Waals surface area contributed by atoms with E-state index in [0.717, 1.165) is 4.31 Å². The number of hydrogen-bond acceptors (Lipinski definition) is 7. The van der Waals surface area contributed by atoms with E-state index in [0.29, 0.717) is 22.8 Å². The fourth-order valence-electron chi connectivity index (χ4n) is 3.63. The van der Waals surface area contributed by atoms with Crippen molar-refractivity contribution in [3.8, 4) is 5.75 Å². The average molecular weight is 475 g/mol. The number of ketones is 1. The molecule has 2 heterocycles. The van der Waals surface area contributed by atoms with Gasteiger partial charge in [-0.25, -0.2) is 13.2 Å². The summed E-state index contributed by atoms with van der Waals surface area (Å²) in [6.45, 7) is 4.62. The molecule has 1 atom stereocenters. The third kappa shape index (κ3) is 4.71. The summed E-state index contributed by atoms with van der Waals surface area (Å²) in [5.41, 5.74) is 1.25. The lowest BCUT2D eigenvalue weighted by Gasteiger charge is -2.27. The van der Waals surface area contributed by atoms with Crippen molar-refractivity contribution in [1.29, 1.82) is 0 Å². The summed E-state index contributed by atoms with van der Waals surface area (Å²) in [5.74, 6) is -0.185. The van der Waals surface area contributed by atoms with E-state index in [1.165, 1.54) is 51.7 Å². The van der Waals surface area contributed by atoms with Gasteiger partial charge in [-0.15, -0.1) is 0 Å². The molecule has 0 fully saturated rings. The van der Waals surface area contributed by atoms with E-state index in [4.69, 9.17) is 13.9 Å². The van der Waals surface area contributed by atoms with Crippen LogP contribution in [0.4, 0.5) is 0 Å². The third-order valence-electron chi connectivity index (χ3n) is 5.44. The lowest BCUT2D eigenvalue weighted by Crippen LogP contribution is -2.43. The van der Waals surface area contributed by atoms with Crippen LogP contribution in [-0.4, -0.2) is 49.7 Å². The van der Waals surface area contributed by atoms with Crippen molar-refractivity contribution in [2.24, 2.45) is 0 Å². The smallest absolute Gasteiger partial charge is 0.354 e. The predicted molar refractivity (Wildman–Crippen MR) is 120 cm³/mol. The molecule has 0 aliphatic carbocycles. The zero-order valence-electron chi connectivity index (χ0n) is 19.0. The van der Waals surface area contributed by atoms with Crippen molar-refractivity contribution in [1.82, 2.24) is 9.29 Å². The number of carbonyl (C=O) groups excluding carboxylic acids is 2. The van der Waals surface area contributed by atoms with Crippen LogP contribution < -0.4 is 4.74 Å². The number of methoxy groups -OCH3 is 2. The molecule has 9 nitrogen and oxygen atoms in total. The van der Waals surface area contributed by atoms with Gasteiger partial charge in [0.2, 0.25) is 10.0 Å². The molecule has 0 saturated carbocycles. The molecular formula is C23H26N2O7S. The Morgan fingerprint density at radius 2 is 1.79 bits per heavy atom. The first kappa shape index (κ1) is 24.3. The minimum atomic E-state index is -4.10. The van der Waals surface area contributed by atoms with Crippen LogP contribution in [0.2, 0.25) is 0 Å². The highest BCUT2D eigenvalue weighted by Gasteiger charge is 2.36. The van der Waals surface area contributed by atoms with E-state index < -0.39 is 27.8 Å². The van der Waals surface area contributed by atoms with Crippen molar-refractivity contribution in [3.05, 3.63) is 70.9 Å². The summed E-state index contributed by atoms with van der Waals surface area (Å²) in [6.07, 6.45) is 1.43. The number of hydrogen-bond donors (Lipinski definition) is 1. The van der Waals surface area contributed by atoms with Crippen LogP contribution in [0.1, 0.15) is 44.8 Å². The summed E-state index contributed by atoms with van der Waals surface area (Å²) < 4.78 is 43.5. The van der Waals surface area contributed by atoms with Gasteiger partial charge in [0.15, 0.2) is 5.78 Å². The number of furan rings is 1. The number of nitrogens with zero attached hydrogens (tertiary/aromatic N) is 1. The number of ether oxygens (including phenoxy) is 2. The lowest BCUT2D eigenvalue weighted by atomic mass is 10.0. The molecule has 2 aromatic heterocycles. The summed E-state index contributed by atoms with van der Waals surface area (Å²) in [6, 6.07) is 8.09. The van der Waals surface area contributed by atoms with Crippen LogP contribution in [-0.2, 0) is 21.3 Å². The van der Waals surface area contributed by atoms with Crippen LogP contribution in [0.3, 0.4) is 0 Å². The Bertz CT molecular complexity index is 1240. The number of H-pyrrole nitrogens is 1. The van der Waals surface area contributed by atoms with E-state index in [-0.39, 0.29) is 22.7 Å². The number of nitrogens with one attached hydrogen (secondary N) is 1. The van der Waals surface area contributed by atoms with Crippen LogP contribution in [0.25, 0.3) is 0 Å². The van der Waals surface area contributed by atoms with Crippen LogP contribution in [0, 0.1) is 13.8 Å². The highest BCUT2D eigenvalue weighted by atomic mass is 32.2. The third-order valence-corrected chi connectivity index (χ3v) is 7.37. The molecule has 0 amide bonds. The first-order valence-electron chi connectivity index (χ1n) is 10.1. The molecular weight excluding hydrogens is 448 g/mol. The molecule has 10 heteroatoms. The Morgan fingerprint density at radius 3 is 2.33 bits per heavy atom. The molecule has 0 saturated heterocycles. The molecule has 0 radical (unpaired) electrons. The van der Waals surface area contributed by atoms with E-state index >= 15 is 0 Å². The zero-order chi connectivity index (χ0) is 24.3. The quantitative estimate of drug-likeness (QED) is 0.372. The Labute approximate surface area is 192 Å². The maximum Gasteiger partial charge on any atom is 0.354 e. The number of esters is 1. The van der Waals surface area contributed by atoms with E-state index in [1.54, 1.807) is 26.0 Å². The van der Waals surface area contributed by atoms with Crippen molar-refractivity contribution >= 4 is 21.8 Å². The second-order valence-corrected chi connectivity index (χ2v) is 9.35.